The summed E-state index contributed by atoms with van der Waals surface area (Å²) in [6.45, 7) is 16.6. The highest BCUT2D eigenvalue weighted by Crippen LogP contribution is 2.18. The molecular weight excluding hydrogens is 529 g/mol. The van der Waals surface area contributed by atoms with Gasteiger partial charge in [0.1, 0.15) is 12.3 Å². The third-order valence-corrected chi connectivity index (χ3v) is 5.19. The number of benzene rings is 1. The smallest absolute Gasteiger partial charge is 0.242 e. The van der Waals surface area contributed by atoms with Crippen molar-refractivity contribution >= 4 is 41.5 Å². The number of nitrogens with zero attached hydrogens (tertiary/aromatic N) is 2. The number of rotatable bonds is 9. The Morgan fingerprint density at radius 3 is 2.36 bits per heavy atom. The highest BCUT2D eigenvalue weighted by Gasteiger charge is 2.19. The molecule has 1 saturated heterocycles. The Balaban J connectivity index is 0.00000544. The average Bonchev–Trinajstić information content (AvgIpc) is 2.71. The zero-order valence-electron chi connectivity index (χ0n) is 21.2. The number of halogens is 1. The minimum absolute atomic E-state index is 0. The number of hydrogen-bond acceptors (Lipinski definition) is 4. The largest absolute Gasteiger partial charge is 0.491 e. The van der Waals surface area contributed by atoms with Crippen molar-refractivity contribution in [3.8, 4) is 5.75 Å². The number of piperidine rings is 1. The molecule has 1 aromatic rings. The zero-order chi connectivity index (χ0) is 23.6. The fraction of sp³-hybridized carbons (Fsp3) is 0.680. The number of aliphatic imine (C=N–C) groups is 1. The molecule has 0 spiro atoms. The molecule has 8 heteroatoms. The minimum Gasteiger partial charge on any atom is -0.491 e. The first-order valence-corrected chi connectivity index (χ1v) is 12.0. The van der Waals surface area contributed by atoms with Crippen molar-refractivity contribution in [2.24, 2.45) is 10.9 Å². The molecule has 0 atom stereocenters. The molecule has 33 heavy (non-hydrogen) atoms. The molecular formula is C25H44IN5O2. The van der Waals surface area contributed by atoms with E-state index in [9.17, 15) is 4.79 Å². The van der Waals surface area contributed by atoms with Crippen LogP contribution in [0.1, 0.15) is 60.8 Å². The lowest BCUT2D eigenvalue weighted by molar-refractivity contribution is -0.121. The maximum Gasteiger partial charge on any atom is 0.242 e. The van der Waals surface area contributed by atoms with Crippen LogP contribution in [0.5, 0.6) is 5.75 Å². The van der Waals surface area contributed by atoms with Gasteiger partial charge in [0, 0.05) is 17.8 Å². The lowest BCUT2D eigenvalue weighted by Gasteiger charge is -2.32. The number of nitrogens with one attached hydrogen (secondary N) is 3. The molecule has 0 saturated carbocycles. The number of hydrogen-bond donors (Lipinski definition) is 3. The van der Waals surface area contributed by atoms with Crippen LogP contribution in [0.25, 0.3) is 0 Å². The van der Waals surface area contributed by atoms with Crippen molar-refractivity contribution < 1.29 is 9.53 Å². The molecule has 1 amide bonds. The van der Waals surface area contributed by atoms with E-state index in [0.29, 0.717) is 11.9 Å². The van der Waals surface area contributed by atoms with Gasteiger partial charge in [-0.15, -0.1) is 24.0 Å². The molecule has 2 rings (SSSR count). The Hall–Kier alpha value is -1.55. The van der Waals surface area contributed by atoms with Crippen molar-refractivity contribution in [1.82, 2.24) is 15.5 Å². The number of anilines is 1. The molecule has 3 N–H and O–H groups in total. The first-order chi connectivity index (χ1) is 15.1. The summed E-state index contributed by atoms with van der Waals surface area (Å²) in [5.74, 6) is 1.98. The molecule has 0 bridgehead atoms. The van der Waals surface area contributed by atoms with Crippen molar-refractivity contribution in [3.63, 3.8) is 0 Å². The highest BCUT2D eigenvalue weighted by molar-refractivity contribution is 14.0. The number of carbonyl (C=O) groups is 1. The van der Waals surface area contributed by atoms with Gasteiger partial charge in [-0.25, -0.2) is 4.99 Å². The van der Waals surface area contributed by atoms with Crippen LogP contribution >= 0.6 is 24.0 Å². The van der Waals surface area contributed by atoms with Gasteiger partial charge in [0.25, 0.3) is 0 Å². The van der Waals surface area contributed by atoms with Crippen LogP contribution in [0, 0.1) is 5.92 Å². The van der Waals surface area contributed by atoms with E-state index in [-0.39, 0.29) is 48.1 Å². The van der Waals surface area contributed by atoms with E-state index in [4.69, 9.17) is 4.74 Å². The fourth-order valence-electron chi connectivity index (χ4n) is 3.75. The molecule has 1 aromatic carbocycles. The molecule has 1 heterocycles. The lowest BCUT2D eigenvalue weighted by atomic mass is 9.97. The van der Waals surface area contributed by atoms with Crippen LogP contribution in [0.2, 0.25) is 0 Å². The number of ether oxygens (including phenoxy) is 1. The van der Waals surface area contributed by atoms with Gasteiger partial charge in [-0.1, -0.05) is 6.92 Å². The molecule has 1 fully saturated rings. The van der Waals surface area contributed by atoms with Gasteiger partial charge in [0.15, 0.2) is 5.96 Å². The Morgan fingerprint density at radius 2 is 1.82 bits per heavy atom. The fourth-order valence-corrected chi connectivity index (χ4v) is 3.75. The minimum atomic E-state index is -0.271. The number of carbonyl (C=O) groups excluding carboxylic acids is 1. The van der Waals surface area contributed by atoms with Crippen molar-refractivity contribution in [2.75, 3.05) is 38.0 Å². The second-order valence-electron chi connectivity index (χ2n) is 9.94. The van der Waals surface area contributed by atoms with Gasteiger partial charge in [0.05, 0.1) is 6.10 Å². The molecule has 1 aliphatic rings. The SMILES string of the molecule is CCCN1CCC(CNC(=NCC(=O)NC(C)(C)C)Nc2ccc(OC(C)C)cc2)CC1.I. The van der Waals surface area contributed by atoms with E-state index in [0.717, 1.165) is 31.1 Å². The average molecular weight is 574 g/mol. The normalized spacial score (nSPS) is 15.7. The van der Waals surface area contributed by atoms with E-state index >= 15 is 0 Å². The number of amides is 1. The van der Waals surface area contributed by atoms with Crippen molar-refractivity contribution in [3.05, 3.63) is 24.3 Å². The Kier molecular flexibility index (Phi) is 13.1. The first kappa shape index (κ1) is 29.5. The molecule has 7 nitrogen and oxygen atoms in total. The van der Waals surface area contributed by atoms with E-state index < -0.39 is 0 Å². The third kappa shape index (κ3) is 12.5. The number of likely N-dealkylation sites (tertiary alicyclic amines) is 1. The molecule has 0 radical (unpaired) electrons. The first-order valence-electron chi connectivity index (χ1n) is 12.0. The van der Waals surface area contributed by atoms with E-state index in [1.54, 1.807) is 0 Å². The van der Waals surface area contributed by atoms with Gasteiger partial charge in [-0.05, 0) is 104 Å². The van der Waals surface area contributed by atoms with Crippen LogP contribution < -0.4 is 20.7 Å². The van der Waals surface area contributed by atoms with Gasteiger partial charge in [0.2, 0.25) is 5.91 Å². The predicted octanol–water partition coefficient (Wildman–Crippen LogP) is 4.49. The van der Waals surface area contributed by atoms with Gasteiger partial charge in [-0.3, -0.25) is 4.79 Å². The Labute approximate surface area is 217 Å². The van der Waals surface area contributed by atoms with Crippen LogP contribution in [-0.4, -0.2) is 61.1 Å². The summed E-state index contributed by atoms with van der Waals surface area (Å²) in [6, 6.07) is 7.81. The van der Waals surface area contributed by atoms with Gasteiger partial charge >= 0.3 is 0 Å². The van der Waals surface area contributed by atoms with Crippen LogP contribution in [0.3, 0.4) is 0 Å². The maximum absolute atomic E-state index is 12.3. The summed E-state index contributed by atoms with van der Waals surface area (Å²) in [6.07, 6.45) is 3.72. The second-order valence-corrected chi connectivity index (χ2v) is 9.94. The zero-order valence-corrected chi connectivity index (χ0v) is 23.6. The number of guanidine groups is 1. The maximum atomic E-state index is 12.3. The quantitative estimate of drug-likeness (QED) is 0.231. The summed E-state index contributed by atoms with van der Waals surface area (Å²) in [5, 5.41) is 9.76. The molecule has 1 aliphatic heterocycles. The van der Waals surface area contributed by atoms with E-state index in [1.165, 1.54) is 25.8 Å². The molecule has 0 unspecified atom stereocenters. The van der Waals surface area contributed by atoms with Crippen LogP contribution in [0.4, 0.5) is 5.69 Å². The standard InChI is InChI=1S/C25H43N5O2.HI/c1-7-14-30-15-12-20(13-16-30)17-26-24(27-18-23(31)29-25(4,5)6)28-21-8-10-22(11-9-21)32-19(2)3;/h8-11,19-20H,7,12-18H2,1-6H3,(H,29,31)(H2,26,27,28);1H. The summed E-state index contributed by atoms with van der Waals surface area (Å²) < 4.78 is 5.72. The van der Waals surface area contributed by atoms with Crippen molar-refractivity contribution in [1.29, 1.82) is 0 Å². The van der Waals surface area contributed by atoms with E-state index in [2.05, 4.69) is 32.8 Å². The predicted molar refractivity (Wildman–Crippen MR) is 149 cm³/mol. The molecule has 0 aromatic heterocycles. The lowest BCUT2D eigenvalue weighted by Crippen LogP contribution is -2.43. The third-order valence-electron chi connectivity index (χ3n) is 5.19. The summed E-state index contributed by atoms with van der Waals surface area (Å²) >= 11 is 0. The van der Waals surface area contributed by atoms with Crippen LogP contribution in [0.15, 0.2) is 29.3 Å². The second kappa shape index (κ2) is 14.7. The topological polar surface area (TPSA) is 78.0 Å². The summed E-state index contributed by atoms with van der Waals surface area (Å²) in [5.41, 5.74) is 0.633. The van der Waals surface area contributed by atoms with Crippen molar-refractivity contribution in [2.45, 2.75) is 72.4 Å². The Bertz CT molecular complexity index is 723. The van der Waals surface area contributed by atoms with E-state index in [1.807, 2.05) is 58.9 Å². The monoisotopic (exact) mass is 573 g/mol. The van der Waals surface area contributed by atoms with Crippen LogP contribution in [-0.2, 0) is 4.79 Å². The summed E-state index contributed by atoms with van der Waals surface area (Å²) in [7, 11) is 0. The Morgan fingerprint density at radius 1 is 1.18 bits per heavy atom. The van der Waals surface area contributed by atoms with Gasteiger partial charge in [-0.2, -0.15) is 0 Å². The van der Waals surface area contributed by atoms with Gasteiger partial charge < -0.3 is 25.6 Å². The molecule has 0 aliphatic carbocycles. The summed E-state index contributed by atoms with van der Waals surface area (Å²) in [4.78, 5) is 19.4. The highest BCUT2D eigenvalue weighted by atomic mass is 127. The molecule has 188 valence electrons.